The molecular weight excluding hydrogens is 465 g/mol. The summed E-state index contributed by atoms with van der Waals surface area (Å²) < 4.78 is 47.4. The highest BCUT2D eigenvalue weighted by Gasteiger charge is 2.70. The van der Waals surface area contributed by atoms with Crippen LogP contribution in [0.5, 0.6) is 5.75 Å². The van der Waals surface area contributed by atoms with E-state index in [-0.39, 0.29) is 29.8 Å². The largest absolute Gasteiger partial charge is 0.522 e. The molecule has 0 saturated heterocycles. The van der Waals surface area contributed by atoms with Crippen molar-refractivity contribution in [3.63, 3.8) is 0 Å². The standard InChI is InChI=1S/C21H22ClF3N4O4/c22-12-3-4-16-14(6-12)15(30)7-17(33-16)18(31)26-19-9-20(10-19,11-19)29-8-13(27-28-29)2-1-5-32-21(23,24)25/h3-4,6,8,15,17,30H,1-2,5,7,9-11H2,(H,26,31)/t15-,17-,19?,20?/m1/s1. The third-order valence-electron chi connectivity index (χ3n) is 6.59. The summed E-state index contributed by atoms with van der Waals surface area (Å²) in [6.07, 6.45) is -1.77. The second kappa shape index (κ2) is 7.85. The van der Waals surface area contributed by atoms with Gasteiger partial charge in [0.05, 0.1) is 23.9 Å². The minimum atomic E-state index is -4.62. The molecule has 1 aromatic heterocycles. The Kier molecular flexibility index (Phi) is 5.33. The van der Waals surface area contributed by atoms with Crippen LogP contribution in [0.25, 0.3) is 0 Å². The molecule has 33 heavy (non-hydrogen) atoms. The molecule has 1 amide bonds. The lowest BCUT2D eigenvalue weighted by Gasteiger charge is -2.69. The number of hydrogen-bond donors (Lipinski definition) is 2. The van der Waals surface area contributed by atoms with E-state index in [1.807, 2.05) is 0 Å². The molecule has 8 nitrogen and oxygen atoms in total. The Hall–Kier alpha value is -2.37. The van der Waals surface area contributed by atoms with E-state index in [0.29, 0.717) is 47.7 Å². The van der Waals surface area contributed by atoms with Crippen LogP contribution in [-0.4, -0.2) is 50.6 Å². The molecule has 2 heterocycles. The summed E-state index contributed by atoms with van der Waals surface area (Å²) in [7, 11) is 0. The van der Waals surface area contributed by atoms with Gasteiger partial charge in [-0.25, -0.2) is 4.68 Å². The molecule has 4 aliphatic rings. The highest BCUT2D eigenvalue weighted by molar-refractivity contribution is 6.30. The van der Waals surface area contributed by atoms with Gasteiger partial charge in [0.15, 0.2) is 6.10 Å². The molecule has 3 fully saturated rings. The van der Waals surface area contributed by atoms with E-state index in [4.69, 9.17) is 16.3 Å². The molecular formula is C21H22ClF3N4O4. The Morgan fingerprint density at radius 3 is 2.85 bits per heavy atom. The predicted octanol–water partition coefficient (Wildman–Crippen LogP) is 3.03. The zero-order valence-electron chi connectivity index (χ0n) is 17.4. The van der Waals surface area contributed by atoms with E-state index < -0.39 is 25.2 Å². The fourth-order valence-corrected chi connectivity index (χ4v) is 5.30. The molecule has 1 aliphatic heterocycles. The van der Waals surface area contributed by atoms with Gasteiger partial charge >= 0.3 is 6.36 Å². The number of halogens is 4. The fourth-order valence-electron chi connectivity index (χ4n) is 5.12. The molecule has 0 radical (unpaired) electrons. The van der Waals surface area contributed by atoms with E-state index >= 15 is 0 Å². The van der Waals surface area contributed by atoms with Crippen LogP contribution in [0, 0.1) is 0 Å². The predicted molar refractivity (Wildman–Crippen MR) is 108 cm³/mol. The Labute approximate surface area is 192 Å². The van der Waals surface area contributed by atoms with Crippen molar-refractivity contribution in [2.75, 3.05) is 6.61 Å². The zero-order chi connectivity index (χ0) is 23.4. The number of ether oxygens (including phenoxy) is 2. The Bertz CT molecular complexity index is 1060. The van der Waals surface area contributed by atoms with Crippen molar-refractivity contribution in [1.29, 1.82) is 0 Å². The number of alkyl halides is 3. The number of rotatable bonds is 7. The summed E-state index contributed by atoms with van der Waals surface area (Å²) in [6.45, 7) is -0.425. The molecule has 0 spiro atoms. The Balaban J connectivity index is 1.12. The normalized spacial score (nSPS) is 30.0. The van der Waals surface area contributed by atoms with E-state index in [0.717, 1.165) is 0 Å². The van der Waals surface area contributed by atoms with Crippen LogP contribution in [-0.2, 0) is 21.5 Å². The van der Waals surface area contributed by atoms with Crippen LogP contribution in [0.4, 0.5) is 13.2 Å². The summed E-state index contributed by atoms with van der Waals surface area (Å²) >= 11 is 5.97. The second-order valence-electron chi connectivity index (χ2n) is 9.12. The highest BCUT2D eigenvalue weighted by Crippen LogP contribution is 2.65. The smallest absolute Gasteiger partial charge is 0.480 e. The van der Waals surface area contributed by atoms with Crippen LogP contribution in [0.2, 0.25) is 5.02 Å². The van der Waals surface area contributed by atoms with Crippen LogP contribution in [0.3, 0.4) is 0 Å². The number of benzene rings is 1. The topological polar surface area (TPSA) is 98.5 Å². The minimum absolute atomic E-state index is 0.144. The monoisotopic (exact) mass is 486 g/mol. The quantitative estimate of drug-likeness (QED) is 0.584. The maximum Gasteiger partial charge on any atom is 0.522 e. The number of nitrogens with one attached hydrogen (secondary N) is 1. The van der Waals surface area contributed by atoms with E-state index in [9.17, 15) is 23.1 Å². The van der Waals surface area contributed by atoms with Gasteiger partial charge in [0, 0.05) is 28.7 Å². The molecule has 12 heteroatoms. The average Bonchev–Trinajstić information content (AvgIpc) is 3.15. The van der Waals surface area contributed by atoms with Crippen LogP contribution in [0.1, 0.15) is 49.5 Å². The number of aliphatic hydroxyl groups excluding tert-OH is 1. The van der Waals surface area contributed by atoms with E-state index in [1.54, 1.807) is 29.1 Å². The summed E-state index contributed by atoms with van der Waals surface area (Å²) in [5.41, 5.74) is 0.616. The average molecular weight is 487 g/mol. The third kappa shape index (κ3) is 4.29. The van der Waals surface area contributed by atoms with Gasteiger partial charge in [0.1, 0.15) is 5.75 Å². The summed E-state index contributed by atoms with van der Waals surface area (Å²) in [6, 6.07) is 4.93. The zero-order valence-corrected chi connectivity index (χ0v) is 18.2. The van der Waals surface area contributed by atoms with Crippen molar-refractivity contribution >= 4 is 17.5 Å². The number of carbonyl (C=O) groups excluding carboxylic acids is 1. The van der Waals surface area contributed by atoms with Crippen molar-refractivity contribution < 1.29 is 32.5 Å². The maximum atomic E-state index is 12.8. The third-order valence-corrected chi connectivity index (χ3v) is 6.83. The number of amides is 1. The number of fused-ring (bicyclic) bond motifs is 1. The molecule has 2 aromatic rings. The molecule has 178 valence electrons. The molecule has 0 unspecified atom stereocenters. The van der Waals surface area contributed by atoms with Crippen molar-refractivity contribution in [2.45, 2.75) is 68.2 Å². The first-order valence-corrected chi connectivity index (χ1v) is 11.0. The van der Waals surface area contributed by atoms with Crippen molar-refractivity contribution in [2.24, 2.45) is 0 Å². The summed E-state index contributed by atoms with van der Waals surface area (Å²) in [5.74, 6) is 0.176. The lowest BCUT2D eigenvalue weighted by molar-refractivity contribution is -0.324. The van der Waals surface area contributed by atoms with Crippen LogP contribution in [0.15, 0.2) is 24.4 Å². The number of aliphatic hydroxyl groups is 1. The molecule has 2 atom stereocenters. The van der Waals surface area contributed by atoms with Crippen LogP contribution < -0.4 is 10.1 Å². The molecule has 3 aliphatic carbocycles. The van der Waals surface area contributed by atoms with E-state index in [1.165, 1.54) is 0 Å². The van der Waals surface area contributed by atoms with Crippen LogP contribution >= 0.6 is 11.6 Å². The minimum Gasteiger partial charge on any atom is -0.480 e. The van der Waals surface area contributed by atoms with Gasteiger partial charge in [-0.05, 0) is 50.3 Å². The van der Waals surface area contributed by atoms with Gasteiger partial charge < -0.3 is 15.2 Å². The lowest BCUT2D eigenvalue weighted by atomic mass is 9.44. The number of aromatic nitrogens is 3. The van der Waals surface area contributed by atoms with Crippen molar-refractivity contribution in [3.8, 4) is 5.75 Å². The van der Waals surface area contributed by atoms with Gasteiger partial charge in [-0.15, -0.1) is 18.3 Å². The Morgan fingerprint density at radius 1 is 1.36 bits per heavy atom. The number of nitrogens with zero attached hydrogens (tertiary/aromatic N) is 3. The molecule has 1 aromatic carbocycles. The summed E-state index contributed by atoms with van der Waals surface area (Å²) in [4.78, 5) is 12.8. The second-order valence-corrected chi connectivity index (χ2v) is 9.55. The first-order valence-electron chi connectivity index (χ1n) is 10.7. The van der Waals surface area contributed by atoms with Gasteiger partial charge in [-0.3, -0.25) is 9.53 Å². The number of hydrogen-bond acceptors (Lipinski definition) is 6. The summed E-state index contributed by atoms with van der Waals surface area (Å²) in [5, 5.41) is 22.1. The van der Waals surface area contributed by atoms with Gasteiger partial charge in [-0.1, -0.05) is 16.8 Å². The lowest BCUT2D eigenvalue weighted by Crippen LogP contribution is -2.79. The SMILES string of the molecule is O=C(NC12CC(n3cc(CCCOC(F)(F)F)nn3)(C1)C2)[C@H]1C[C@@H](O)c2cc(Cl)ccc2O1. The van der Waals surface area contributed by atoms with Gasteiger partial charge in [0.25, 0.3) is 5.91 Å². The first kappa shape index (κ1) is 22.4. The molecule has 2 N–H and O–H groups in total. The molecule has 6 rings (SSSR count). The Morgan fingerprint density at radius 2 is 2.12 bits per heavy atom. The molecule has 2 bridgehead atoms. The van der Waals surface area contributed by atoms with Crippen molar-refractivity contribution in [1.82, 2.24) is 20.3 Å². The van der Waals surface area contributed by atoms with Gasteiger partial charge in [-0.2, -0.15) is 0 Å². The van der Waals surface area contributed by atoms with E-state index in [2.05, 4.69) is 20.4 Å². The van der Waals surface area contributed by atoms with Gasteiger partial charge in [0.2, 0.25) is 0 Å². The highest BCUT2D eigenvalue weighted by atomic mass is 35.5. The number of carbonyl (C=O) groups is 1. The fraction of sp³-hybridized carbons (Fsp3) is 0.571. The number of aryl methyl sites for hydroxylation is 1. The molecule has 3 saturated carbocycles. The first-order chi connectivity index (χ1) is 15.6. The maximum absolute atomic E-state index is 12.8. The van der Waals surface area contributed by atoms with Crippen molar-refractivity contribution in [3.05, 3.63) is 40.7 Å².